The molecule has 3 atom stereocenters. The zero-order valence-corrected chi connectivity index (χ0v) is 12.6. The summed E-state index contributed by atoms with van der Waals surface area (Å²) in [6, 6.07) is 9.09. The Morgan fingerprint density at radius 2 is 2.00 bits per heavy atom. The quantitative estimate of drug-likeness (QED) is 0.855. The van der Waals surface area contributed by atoms with Gasteiger partial charge in [0, 0.05) is 31.6 Å². The zero-order chi connectivity index (χ0) is 14.2. The van der Waals surface area contributed by atoms with Crippen LogP contribution in [0.3, 0.4) is 0 Å². The van der Waals surface area contributed by atoms with Gasteiger partial charge in [-0.05, 0) is 49.1 Å². The average molecular weight is 284 g/mol. The van der Waals surface area contributed by atoms with E-state index < -0.39 is 0 Å². The smallest absolute Gasteiger partial charge is 0.226 e. The van der Waals surface area contributed by atoms with Gasteiger partial charge < -0.3 is 10.2 Å². The van der Waals surface area contributed by atoms with Gasteiger partial charge in [-0.3, -0.25) is 4.79 Å². The summed E-state index contributed by atoms with van der Waals surface area (Å²) in [6.07, 6.45) is 5.49. The van der Waals surface area contributed by atoms with Crippen LogP contribution in [-0.2, 0) is 17.6 Å². The summed E-state index contributed by atoms with van der Waals surface area (Å²) in [5, 5.41) is 3.47. The fraction of sp³-hybridized carbons (Fsp3) is 0.611. The summed E-state index contributed by atoms with van der Waals surface area (Å²) in [7, 11) is 0. The average Bonchev–Trinajstić information content (AvgIpc) is 3.02. The van der Waals surface area contributed by atoms with Crippen molar-refractivity contribution < 1.29 is 4.79 Å². The second-order valence-electron chi connectivity index (χ2n) is 6.87. The summed E-state index contributed by atoms with van der Waals surface area (Å²) in [6.45, 7) is 3.07. The van der Waals surface area contributed by atoms with E-state index in [-0.39, 0.29) is 5.92 Å². The number of amides is 1. The minimum Gasteiger partial charge on any atom is -0.338 e. The van der Waals surface area contributed by atoms with Crippen molar-refractivity contribution in [3.05, 3.63) is 35.4 Å². The summed E-state index contributed by atoms with van der Waals surface area (Å²) >= 11 is 0. The van der Waals surface area contributed by atoms with E-state index in [1.165, 1.54) is 24.0 Å². The Morgan fingerprint density at radius 3 is 2.90 bits per heavy atom. The first kappa shape index (κ1) is 13.3. The summed E-state index contributed by atoms with van der Waals surface area (Å²) in [5.41, 5.74) is 2.83. The van der Waals surface area contributed by atoms with Gasteiger partial charge >= 0.3 is 0 Å². The fourth-order valence-electron chi connectivity index (χ4n) is 4.48. The Bertz CT molecular complexity index is 542. The Labute approximate surface area is 126 Å². The third kappa shape index (κ3) is 2.38. The highest BCUT2D eigenvalue weighted by Crippen LogP contribution is 2.31. The number of fused-ring (bicyclic) bond motifs is 2. The molecule has 3 unspecified atom stereocenters. The predicted molar refractivity (Wildman–Crippen MR) is 83.1 cm³/mol. The number of hydrogen-bond acceptors (Lipinski definition) is 2. The van der Waals surface area contributed by atoms with Gasteiger partial charge in [0.1, 0.15) is 0 Å². The van der Waals surface area contributed by atoms with Crippen LogP contribution in [0.4, 0.5) is 0 Å². The van der Waals surface area contributed by atoms with E-state index in [0.29, 0.717) is 17.9 Å². The normalized spacial score (nSPS) is 31.6. The van der Waals surface area contributed by atoms with Crippen molar-refractivity contribution in [3.63, 3.8) is 0 Å². The number of piperidine rings is 1. The molecule has 0 bridgehead atoms. The number of rotatable bonds is 1. The molecule has 1 aliphatic carbocycles. The van der Waals surface area contributed by atoms with E-state index in [2.05, 4.69) is 34.5 Å². The standard InChI is InChI=1S/C18H24N2O/c21-18(20-9-3-6-16-11-19-12-17(16)20)15-8-7-13-4-1-2-5-14(13)10-15/h1-2,4-5,15-17,19H,3,6-12H2. The number of nitrogens with one attached hydrogen (secondary N) is 1. The molecule has 3 heteroatoms. The third-order valence-corrected chi connectivity index (χ3v) is 5.66. The molecule has 2 saturated heterocycles. The Morgan fingerprint density at radius 1 is 1.14 bits per heavy atom. The van der Waals surface area contributed by atoms with E-state index in [9.17, 15) is 4.79 Å². The van der Waals surface area contributed by atoms with Crippen molar-refractivity contribution in [3.8, 4) is 0 Å². The maximum atomic E-state index is 13.0. The van der Waals surface area contributed by atoms with Gasteiger partial charge in [-0.2, -0.15) is 0 Å². The van der Waals surface area contributed by atoms with E-state index in [1.54, 1.807) is 0 Å². The van der Waals surface area contributed by atoms with Crippen LogP contribution in [0.1, 0.15) is 30.4 Å². The van der Waals surface area contributed by atoms with Gasteiger partial charge in [0.25, 0.3) is 0 Å². The van der Waals surface area contributed by atoms with Gasteiger partial charge in [0.05, 0.1) is 0 Å². The topological polar surface area (TPSA) is 32.3 Å². The third-order valence-electron chi connectivity index (χ3n) is 5.66. The Hall–Kier alpha value is -1.35. The molecule has 1 aromatic rings. The van der Waals surface area contributed by atoms with Crippen molar-refractivity contribution in [1.82, 2.24) is 10.2 Å². The van der Waals surface area contributed by atoms with Crippen LogP contribution in [0.2, 0.25) is 0 Å². The molecule has 3 aliphatic rings. The molecule has 21 heavy (non-hydrogen) atoms. The molecule has 2 fully saturated rings. The number of carbonyl (C=O) groups is 1. The number of benzene rings is 1. The Balaban J connectivity index is 1.50. The van der Waals surface area contributed by atoms with Crippen molar-refractivity contribution in [2.75, 3.05) is 19.6 Å². The van der Waals surface area contributed by atoms with Crippen LogP contribution in [0, 0.1) is 11.8 Å². The number of hydrogen-bond donors (Lipinski definition) is 1. The molecule has 1 aromatic carbocycles. The largest absolute Gasteiger partial charge is 0.338 e. The number of nitrogens with zero attached hydrogens (tertiary/aromatic N) is 1. The van der Waals surface area contributed by atoms with E-state index in [1.807, 2.05) is 0 Å². The highest BCUT2D eigenvalue weighted by molar-refractivity contribution is 5.80. The summed E-state index contributed by atoms with van der Waals surface area (Å²) in [5.74, 6) is 1.32. The summed E-state index contributed by atoms with van der Waals surface area (Å²) in [4.78, 5) is 15.2. The monoisotopic (exact) mass is 284 g/mol. The van der Waals surface area contributed by atoms with E-state index >= 15 is 0 Å². The van der Waals surface area contributed by atoms with Crippen LogP contribution in [0.25, 0.3) is 0 Å². The number of likely N-dealkylation sites (tertiary alicyclic amines) is 1. The SMILES string of the molecule is O=C(C1CCc2ccccc2C1)N1CCCC2CNCC21. The van der Waals surface area contributed by atoms with Crippen molar-refractivity contribution >= 4 is 5.91 Å². The summed E-state index contributed by atoms with van der Waals surface area (Å²) < 4.78 is 0. The fourth-order valence-corrected chi connectivity index (χ4v) is 4.48. The van der Waals surface area contributed by atoms with Crippen LogP contribution in [0.5, 0.6) is 0 Å². The second kappa shape index (κ2) is 5.45. The molecule has 0 saturated carbocycles. The van der Waals surface area contributed by atoms with Crippen LogP contribution >= 0.6 is 0 Å². The maximum Gasteiger partial charge on any atom is 0.226 e. The number of carbonyl (C=O) groups excluding carboxylic acids is 1. The first-order valence-electron chi connectivity index (χ1n) is 8.41. The van der Waals surface area contributed by atoms with E-state index in [0.717, 1.165) is 38.9 Å². The van der Waals surface area contributed by atoms with Crippen LogP contribution in [0.15, 0.2) is 24.3 Å². The predicted octanol–water partition coefficient (Wildman–Crippen LogP) is 2.00. The Kier molecular flexibility index (Phi) is 3.46. The van der Waals surface area contributed by atoms with Crippen LogP contribution < -0.4 is 5.32 Å². The van der Waals surface area contributed by atoms with Gasteiger partial charge in [-0.25, -0.2) is 0 Å². The van der Waals surface area contributed by atoms with Crippen molar-refractivity contribution in [1.29, 1.82) is 0 Å². The van der Waals surface area contributed by atoms with Crippen molar-refractivity contribution in [2.24, 2.45) is 11.8 Å². The molecule has 3 nitrogen and oxygen atoms in total. The molecule has 1 amide bonds. The first-order valence-corrected chi connectivity index (χ1v) is 8.41. The van der Waals surface area contributed by atoms with E-state index in [4.69, 9.17) is 0 Å². The molecular formula is C18H24N2O. The lowest BCUT2D eigenvalue weighted by atomic mass is 9.82. The van der Waals surface area contributed by atoms with Crippen LogP contribution in [-0.4, -0.2) is 36.5 Å². The molecule has 2 heterocycles. The minimum atomic E-state index is 0.208. The van der Waals surface area contributed by atoms with Gasteiger partial charge in [-0.15, -0.1) is 0 Å². The highest BCUT2D eigenvalue weighted by Gasteiger charge is 2.39. The lowest BCUT2D eigenvalue weighted by Gasteiger charge is -2.39. The first-order chi connectivity index (χ1) is 10.3. The molecular weight excluding hydrogens is 260 g/mol. The lowest BCUT2D eigenvalue weighted by Crippen LogP contribution is -2.51. The second-order valence-corrected chi connectivity index (χ2v) is 6.87. The lowest BCUT2D eigenvalue weighted by molar-refractivity contribution is -0.140. The van der Waals surface area contributed by atoms with Gasteiger partial charge in [0.2, 0.25) is 5.91 Å². The van der Waals surface area contributed by atoms with Gasteiger partial charge in [-0.1, -0.05) is 24.3 Å². The number of aryl methyl sites for hydroxylation is 1. The molecule has 112 valence electrons. The molecule has 0 radical (unpaired) electrons. The molecule has 0 spiro atoms. The highest BCUT2D eigenvalue weighted by atomic mass is 16.2. The molecule has 0 aromatic heterocycles. The molecule has 4 rings (SSSR count). The van der Waals surface area contributed by atoms with Gasteiger partial charge in [0.15, 0.2) is 0 Å². The van der Waals surface area contributed by atoms with Crippen molar-refractivity contribution in [2.45, 2.75) is 38.1 Å². The minimum absolute atomic E-state index is 0.208. The zero-order valence-electron chi connectivity index (χ0n) is 12.6. The maximum absolute atomic E-state index is 13.0. The molecule has 1 N–H and O–H groups in total. The molecule has 2 aliphatic heterocycles.